The Morgan fingerprint density at radius 3 is 2.68 bits per heavy atom. The Kier molecular flexibility index (Phi) is 4.65. The highest BCUT2D eigenvalue weighted by Crippen LogP contribution is 2.43. The number of fused-ring (bicyclic) bond motifs is 2. The van der Waals surface area contributed by atoms with Crippen LogP contribution < -0.4 is 10.5 Å². The van der Waals surface area contributed by atoms with Crippen molar-refractivity contribution in [3.8, 4) is 17.0 Å². The van der Waals surface area contributed by atoms with Gasteiger partial charge in [-0.15, -0.1) is 0 Å². The van der Waals surface area contributed by atoms with E-state index in [2.05, 4.69) is 20.2 Å². The van der Waals surface area contributed by atoms with E-state index in [4.69, 9.17) is 15.6 Å². The third kappa shape index (κ3) is 3.14. The topological polar surface area (TPSA) is 125 Å². The van der Waals surface area contributed by atoms with E-state index in [0.29, 0.717) is 34.1 Å². The summed E-state index contributed by atoms with van der Waals surface area (Å²) in [6.45, 7) is 0.244. The van der Waals surface area contributed by atoms with E-state index in [-0.39, 0.29) is 6.54 Å². The predicted octanol–water partition coefficient (Wildman–Crippen LogP) is 3.59. The number of hydrogen-bond acceptors (Lipinski definition) is 7. The number of benzene rings is 2. The van der Waals surface area contributed by atoms with Crippen molar-refractivity contribution in [2.24, 2.45) is 0 Å². The van der Waals surface area contributed by atoms with E-state index in [1.807, 2.05) is 54.6 Å². The highest BCUT2D eigenvalue weighted by atomic mass is 16.5. The summed E-state index contributed by atoms with van der Waals surface area (Å²) in [4.78, 5) is 21.0. The summed E-state index contributed by atoms with van der Waals surface area (Å²) >= 11 is 0. The number of aromatic amines is 1. The molecule has 1 unspecified atom stereocenters. The number of carbonyl (C=O) groups is 1. The molecular weight excluding hydrogens is 430 g/mol. The second kappa shape index (κ2) is 7.96. The number of anilines is 1. The van der Waals surface area contributed by atoms with E-state index in [0.717, 1.165) is 28.5 Å². The first-order valence-corrected chi connectivity index (χ1v) is 10.7. The number of para-hydroxylation sites is 1. The normalized spacial score (nSPS) is 15.2. The molecule has 3 N–H and O–H groups in total. The SMILES string of the molecule is Nc1ncnc2c1c(-c1cn[nH]c1)nn2CC1=C(c2ccccc2)C(C=O)c2ccccc2O1. The first-order chi connectivity index (χ1) is 16.7. The molecule has 0 amide bonds. The molecule has 9 heteroatoms. The molecule has 5 aromatic rings. The first kappa shape index (κ1) is 19.9. The van der Waals surface area contributed by atoms with Crippen LogP contribution >= 0.6 is 0 Å². The molecular formula is C25H19N7O2. The van der Waals surface area contributed by atoms with Gasteiger partial charge in [-0.3, -0.25) is 5.10 Å². The van der Waals surface area contributed by atoms with E-state index in [1.165, 1.54) is 6.33 Å². The molecule has 3 aromatic heterocycles. The molecule has 1 atom stereocenters. The number of rotatable bonds is 5. The molecule has 0 spiro atoms. The molecule has 166 valence electrons. The summed E-state index contributed by atoms with van der Waals surface area (Å²) in [5.41, 5.74) is 10.7. The van der Waals surface area contributed by atoms with Gasteiger partial charge >= 0.3 is 0 Å². The number of nitrogens with one attached hydrogen (secondary N) is 1. The highest BCUT2D eigenvalue weighted by molar-refractivity contribution is 5.98. The summed E-state index contributed by atoms with van der Waals surface area (Å²) in [6.07, 6.45) is 5.78. The minimum atomic E-state index is -0.475. The molecule has 6 rings (SSSR count). The lowest BCUT2D eigenvalue weighted by Gasteiger charge is -2.28. The van der Waals surface area contributed by atoms with Crippen LogP contribution in [0, 0.1) is 0 Å². The summed E-state index contributed by atoms with van der Waals surface area (Å²) in [5, 5.41) is 12.3. The number of aromatic nitrogens is 6. The molecule has 0 aliphatic carbocycles. The van der Waals surface area contributed by atoms with Crippen LogP contribution in [-0.2, 0) is 11.3 Å². The zero-order valence-electron chi connectivity index (χ0n) is 17.9. The molecule has 4 heterocycles. The van der Waals surface area contributed by atoms with Crippen molar-refractivity contribution in [3.05, 3.63) is 90.2 Å². The molecule has 0 saturated carbocycles. The second-order valence-corrected chi connectivity index (χ2v) is 7.91. The molecule has 34 heavy (non-hydrogen) atoms. The molecule has 9 nitrogen and oxygen atoms in total. The maximum atomic E-state index is 12.4. The quantitative estimate of drug-likeness (QED) is 0.393. The lowest BCUT2D eigenvalue weighted by Crippen LogP contribution is -2.20. The van der Waals surface area contributed by atoms with Gasteiger partial charge in [-0.05, 0) is 11.6 Å². The Hall–Kier alpha value is -4.79. The molecule has 1 aliphatic heterocycles. The largest absolute Gasteiger partial charge is 0.459 e. The lowest BCUT2D eigenvalue weighted by molar-refractivity contribution is -0.108. The number of nitrogens with two attached hydrogens (primary N) is 1. The Balaban J connectivity index is 1.56. The summed E-state index contributed by atoms with van der Waals surface area (Å²) < 4.78 is 8.11. The molecule has 0 radical (unpaired) electrons. The van der Waals surface area contributed by atoms with Gasteiger partial charge in [0.25, 0.3) is 0 Å². The van der Waals surface area contributed by atoms with Gasteiger partial charge in [-0.1, -0.05) is 48.5 Å². The van der Waals surface area contributed by atoms with Crippen molar-refractivity contribution >= 4 is 28.7 Å². The molecule has 0 fully saturated rings. The zero-order valence-corrected chi connectivity index (χ0v) is 17.9. The van der Waals surface area contributed by atoms with Crippen LogP contribution in [0.15, 0.2) is 79.1 Å². The van der Waals surface area contributed by atoms with Crippen molar-refractivity contribution in [2.45, 2.75) is 12.5 Å². The van der Waals surface area contributed by atoms with Gasteiger partial charge in [-0.25, -0.2) is 14.6 Å². The average molecular weight is 449 g/mol. The standard InChI is InChI=1S/C25H19N7O2/c26-24-22-23(16-10-29-30-11-16)31-32(25(22)28-14-27-24)12-20-21(15-6-2-1-3-7-15)18(13-33)17-8-4-5-9-19(17)34-20/h1-11,13-14,18H,12H2,(H,29,30)(H2,26,27,28). The number of H-pyrrole nitrogens is 1. The molecule has 2 aromatic carbocycles. The molecule has 0 saturated heterocycles. The maximum absolute atomic E-state index is 12.4. The van der Waals surface area contributed by atoms with Crippen molar-refractivity contribution in [1.82, 2.24) is 29.9 Å². The Morgan fingerprint density at radius 1 is 1.06 bits per heavy atom. The monoisotopic (exact) mass is 449 g/mol. The zero-order chi connectivity index (χ0) is 23.1. The second-order valence-electron chi connectivity index (χ2n) is 7.91. The van der Waals surface area contributed by atoms with Gasteiger partial charge in [0.1, 0.15) is 42.2 Å². The maximum Gasteiger partial charge on any atom is 0.164 e. The number of nitrogen functional groups attached to an aromatic ring is 1. The minimum absolute atomic E-state index is 0.244. The van der Waals surface area contributed by atoms with E-state index in [9.17, 15) is 4.79 Å². The van der Waals surface area contributed by atoms with Crippen LogP contribution in [0.4, 0.5) is 5.82 Å². The summed E-state index contributed by atoms with van der Waals surface area (Å²) in [5.74, 6) is 1.11. The Bertz CT molecular complexity index is 1540. The number of aldehydes is 1. The van der Waals surface area contributed by atoms with Gasteiger partial charge in [0.05, 0.1) is 17.5 Å². The van der Waals surface area contributed by atoms with Gasteiger partial charge in [0, 0.05) is 22.9 Å². The van der Waals surface area contributed by atoms with Gasteiger partial charge in [0.15, 0.2) is 5.65 Å². The first-order valence-electron chi connectivity index (χ1n) is 10.7. The van der Waals surface area contributed by atoms with Crippen molar-refractivity contribution in [2.75, 3.05) is 5.73 Å². The van der Waals surface area contributed by atoms with E-state index >= 15 is 0 Å². The van der Waals surface area contributed by atoms with Crippen LogP contribution in [-0.4, -0.2) is 36.2 Å². The molecule has 1 aliphatic rings. The fraction of sp³-hybridized carbons (Fsp3) is 0.0800. The van der Waals surface area contributed by atoms with Crippen LogP contribution in [0.5, 0.6) is 5.75 Å². The van der Waals surface area contributed by atoms with Gasteiger partial charge in [0.2, 0.25) is 0 Å². The predicted molar refractivity (Wildman–Crippen MR) is 127 cm³/mol. The number of ether oxygens (including phenoxy) is 1. The van der Waals surface area contributed by atoms with Crippen LogP contribution in [0.3, 0.4) is 0 Å². The summed E-state index contributed by atoms with van der Waals surface area (Å²) in [6, 6.07) is 17.4. The third-order valence-electron chi connectivity index (χ3n) is 5.94. The third-order valence-corrected chi connectivity index (χ3v) is 5.94. The highest BCUT2D eigenvalue weighted by Gasteiger charge is 2.31. The number of allylic oxidation sites excluding steroid dienone is 2. The van der Waals surface area contributed by atoms with Crippen LogP contribution in [0.2, 0.25) is 0 Å². The number of hydrogen-bond donors (Lipinski definition) is 2. The Labute approximate surface area is 193 Å². The van der Waals surface area contributed by atoms with Crippen LogP contribution in [0.1, 0.15) is 17.0 Å². The lowest BCUT2D eigenvalue weighted by atomic mass is 9.84. The van der Waals surface area contributed by atoms with E-state index < -0.39 is 5.92 Å². The van der Waals surface area contributed by atoms with E-state index in [1.54, 1.807) is 17.1 Å². The fourth-order valence-corrected chi connectivity index (χ4v) is 4.42. The van der Waals surface area contributed by atoms with Crippen LogP contribution in [0.25, 0.3) is 27.9 Å². The molecule has 0 bridgehead atoms. The van der Waals surface area contributed by atoms with Gasteiger partial charge in [-0.2, -0.15) is 10.2 Å². The minimum Gasteiger partial charge on any atom is -0.459 e. The summed E-state index contributed by atoms with van der Waals surface area (Å²) in [7, 11) is 0. The van der Waals surface area contributed by atoms with Crippen molar-refractivity contribution in [3.63, 3.8) is 0 Å². The number of nitrogens with zero attached hydrogens (tertiary/aromatic N) is 5. The smallest absolute Gasteiger partial charge is 0.164 e. The fourth-order valence-electron chi connectivity index (χ4n) is 4.42. The number of carbonyl (C=O) groups excluding carboxylic acids is 1. The Morgan fingerprint density at radius 2 is 1.88 bits per heavy atom. The van der Waals surface area contributed by atoms with Crippen molar-refractivity contribution < 1.29 is 9.53 Å². The average Bonchev–Trinajstić information content (AvgIpc) is 3.53. The van der Waals surface area contributed by atoms with Crippen molar-refractivity contribution in [1.29, 1.82) is 0 Å². The van der Waals surface area contributed by atoms with Gasteiger partial charge < -0.3 is 15.3 Å².